The number of alkyl halides is 3. The zero-order valence-corrected chi connectivity index (χ0v) is 7.97. The molecule has 0 radical (unpaired) electrons. The number of aromatic nitrogens is 2. The Kier molecular flexibility index (Phi) is 3.89. The van der Waals surface area contributed by atoms with Crippen molar-refractivity contribution in [1.29, 1.82) is 0 Å². The predicted octanol–water partition coefficient (Wildman–Crippen LogP) is 1.37. The van der Waals surface area contributed by atoms with E-state index < -0.39 is 12.8 Å². The van der Waals surface area contributed by atoms with Gasteiger partial charge in [-0.1, -0.05) is 5.16 Å². The van der Waals surface area contributed by atoms with Crippen molar-refractivity contribution in [2.45, 2.75) is 13.1 Å². The maximum absolute atomic E-state index is 11.6. The summed E-state index contributed by atoms with van der Waals surface area (Å²) < 4.78 is 43.9. The second kappa shape index (κ2) is 4.96. The number of hydrogen-bond acceptors (Lipinski definition) is 5. The predicted molar refractivity (Wildman–Crippen MR) is 44.4 cm³/mol. The first kappa shape index (κ1) is 11.8. The van der Waals surface area contributed by atoms with E-state index in [-0.39, 0.29) is 19.2 Å². The van der Waals surface area contributed by atoms with Crippen LogP contribution in [-0.2, 0) is 4.74 Å². The van der Waals surface area contributed by atoms with Gasteiger partial charge in [-0.05, 0) is 6.92 Å². The van der Waals surface area contributed by atoms with Crippen LogP contribution in [0.25, 0.3) is 0 Å². The number of halogens is 3. The number of hydrogen-bond donors (Lipinski definition) is 1. The fraction of sp³-hybridized carbons (Fsp3) is 0.714. The van der Waals surface area contributed by atoms with Gasteiger partial charge in [-0.3, -0.25) is 0 Å². The Morgan fingerprint density at radius 2 is 2.20 bits per heavy atom. The Balaban J connectivity index is 2.07. The highest BCUT2D eigenvalue weighted by molar-refractivity contribution is 5.17. The summed E-state index contributed by atoms with van der Waals surface area (Å²) in [6.07, 6.45) is -4.29. The van der Waals surface area contributed by atoms with Crippen LogP contribution in [0.2, 0.25) is 0 Å². The molecule has 5 nitrogen and oxygen atoms in total. The van der Waals surface area contributed by atoms with Crippen LogP contribution in [-0.4, -0.2) is 36.1 Å². The lowest BCUT2D eigenvalue weighted by Crippen LogP contribution is -2.20. The molecule has 8 heteroatoms. The van der Waals surface area contributed by atoms with Crippen LogP contribution in [0.15, 0.2) is 4.52 Å². The summed E-state index contributed by atoms with van der Waals surface area (Å²) in [7, 11) is 0. The maximum Gasteiger partial charge on any atom is 0.411 e. The van der Waals surface area contributed by atoms with E-state index in [1.54, 1.807) is 6.92 Å². The molecule has 0 saturated heterocycles. The van der Waals surface area contributed by atoms with Gasteiger partial charge in [0.1, 0.15) is 6.61 Å². The summed E-state index contributed by atoms with van der Waals surface area (Å²) in [5.41, 5.74) is 0. The van der Waals surface area contributed by atoms with E-state index >= 15 is 0 Å². The van der Waals surface area contributed by atoms with Gasteiger partial charge >= 0.3 is 12.2 Å². The minimum atomic E-state index is -4.29. The van der Waals surface area contributed by atoms with Crippen molar-refractivity contribution in [3.8, 4) is 0 Å². The fourth-order valence-electron chi connectivity index (χ4n) is 0.787. The van der Waals surface area contributed by atoms with Crippen LogP contribution in [0.4, 0.5) is 19.2 Å². The smallest absolute Gasteiger partial charge is 0.370 e. The summed E-state index contributed by atoms with van der Waals surface area (Å²) >= 11 is 0. The molecule has 1 aromatic rings. The van der Waals surface area contributed by atoms with Gasteiger partial charge in [-0.2, -0.15) is 18.2 Å². The molecule has 0 aromatic carbocycles. The minimum absolute atomic E-state index is 0.0824. The molecule has 86 valence electrons. The van der Waals surface area contributed by atoms with Crippen molar-refractivity contribution >= 4 is 6.01 Å². The van der Waals surface area contributed by atoms with Crippen LogP contribution in [0.3, 0.4) is 0 Å². The number of anilines is 1. The van der Waals surface area contributed by atoms with E-state index in [9.17, 15) is 13.2 Å². The van der Waals surface area contributed by atoms with Gasteiger partial charge < -0.3 is 14.6 Å². The highest BCUT2D eigenvalue weighted by Crippen LogP contribution is 2.14. The van der Waals surface area contributed by atoms with E-state index in [0.717, 1.165) is 0 Å². The van der Waals surface area contributed by atoms with E-state index in [2.05, 4.69) is 24.7 Å². The molecule has 1 rings (SSSR count). The molecule has 0 fully saturated rings. The highest BCUT2D eigenvalue weighted by atomic mass is 19.4. The first-order valence-corrected chi connectivity index (χ1v) is 4.16. The van der Waals surface area contributed by atoms with Crippen molar-refractivity contribution in [3.63, 3.8) is 0 Å². The van der Waals surface area contributed by atoms with Gasteiger partial charge in [0.05, 0.1) is 6.61 Å². The third-order valence-electron chi connectivity index (χ3n) is 1.32. The van der Waals surface area contributed by atoms with Gasteiger partial charge in [-0.25, -0.2) is 0 Å². The molecule has 0 unspecified atom stereocenters. The topological polar surface area (TPSA) is 60.2 Å². The zero-order chi connectivity index (χ0) is 11.3. The van der Waals surface area contributed by atoms with Crippen molar-refractivity contribution in [2.24, 2.45) is 0 Å². The molecular formula is C7H10F3N3O2. The van der Waals surface area contributed by atoms with Gasteiger partial charge in [0.15, 0.2) is 5.82 Å². The van der Waals surface area contributed by atoms with Gasteiger partial charge in [0, 0.05) is 6.54 Å². The number of nitrogens with one attached hydrogen (secondary N) is 1. The first-order valence-electron chi connectivity index (χ1n) is 4.16. The lowest BCUT2D eigenvalue weighted by molar-refractivity contribution is -0.172. The minimum Gasteiger partial charge on any atom is -0.370 e. The Hall–Kier alpha value is -1.31. The van der Waals surface area contributed by atoms with E-state index in [0.29, 0.717) is 5.82 Å². The van der Waals surface area contributed by atoms with Crippen LogP contribution < -0.4 is 5.32 Å². The second-order valence-corrected chi connectivity index (χ2v) is 2.74. The molecular weight excluding hydrogens is 215 g/mol. The zero-order valence-electron chi connectivity index (χ0n) is 7.97. The third-order valence-corrected chi connectivity index (χ3v) is 1.32. The molecule has 1 aromatic heterocycles. The van der Waals surface area contributed by atoms with Crippen molar-refractivity contribution in [3.05, 3.63) is 5.82 Å². The lowest BCUT2D eigenvalue weighted by atomic mass is 10.6. The summed E-state index contributed by atoms with van der Waals surface area (Å²) in [5, 5.41) is 6.10. The number of ether oxygens (including phenoxy) is 1. The van der Waals surface area contributed by atoms with Gasteiger partial charge in [0.25, 0.3) is 0 Å². The maximum atomic E-state index is 11.6. The Morgan fingerprint density at radius 1 is 1.47 bits per heavy atom. The molecule has 0 atom stereocenters. The van der Waals surface area contributed by atoms with E-state index in [1.165, 1.54) is 0 Å². The van der Waals surface area contributed by atoms with Crippen molar-refractivity contribution < 1.29 is 22.4 Å². The number of aryl methyl sites for hydroxylation is 1. The largest absolute Gasteiger partial charge is 0.411 e. The van der Waals surface area contributed by atoms with Crippen LogP contribution in [0, 0.1) is 6.92 Å². The molecule has 0 aliphatic carbocycles. The Labute approximate surface area is 83.6 Å². The normalized spacial score (nSPS) is 11.7. The quantitative estimate of drug-likeness (QED) is 0.767. The summed E-state index contributed by atoms with van der Waals surface area (Å²) in [6, 6.07) is 0.170. The number of nitrogens with zero attached hydrogens (tertiary/aromatic N) is 2. The standard InChI is InChI=1S/C7H10F3N3O2/c1-5-12-6(15-13-5)11-2-3-14-4-7(8,9)10/h2-4H2,1H3,(H,11,12,13). The SMILES string of the molecule is Cc1noc(NCCOCC(F)(F)F)n1. The molecule has 0 aliphatic heterocycles. The molecule has 1 heterocycles. The monoisotopic (exact) mass is 225 g/mol. The Morgan fingerprint density at radius 3 is 2.73 bits per heavy atom. The fourth-order valence-corrected chi connectivity index (χ4v) is 0.787. The highest BCUT2D eigenvalue weighted by Gasteiger charge is 2.27. The Bertz CT molecular complexity index is 300. The van der Waals surface area contributed by atoms with Crippen LogP contribution in [0.5, 0.6) is 0 Å². The van der Waals surface area contributed by atoms with Gasteiger partial charge in [0.2, 0.25) is 0 Å². The molecule has 15 heavy (non-hydrogen) atoms. The third kappa shape index (κ3) is 5.21. The van der Waals surface area contributed by atoms with Crippen molar-refractivity contribution in [2.75, 3.05) is 25.1 Å². The molecule has 0 amide bonds. The second-order valence-electron chi connectivity index (χ2n) is 2.74. The average molecular weight is 225 g/mol. The van der Waals surface area contributed by atoms with Crippen LogP contribution in [0.1, 0.15) is 5.82 Å². The molecule has 0 spiro atoms. The summed E-state index contributed by atoms with van der Waals surface area (Å²) in [4.78, 5) is 3.79. The molecule has 0 bridgehead atoms. The molecule has 0 aliphatic rings. The van der Waals surface area contributed by atoms with Crippen molar-refractivity contribution in [1.82, 2.24) is 10.1 Å². The summed E-state index contributed by atoms with van der Waals surface area (Å²) in [5.74, 6) is 0.453. The summed E-state index contributed by atoms with van der Waals surface area (Å²) in [6.45, 7) is 0.477. The first-order chi connectivity index (χ1) is 6.97. The average Bonchev–Trinajstić information content (AvgIpc) is 2.49. The molecule has 0 saturated carbocycles. The number of rotatable bonds is 5. The van der Waals surface area contributed by atoms with Gasteiger partial charge in [-0.15, -0.1) is 0 Å². The lowest BCUT2D eigenvalue weighted by Gasteiger charge is -2.06. The van der Waals surface area contributed by atoms with E-state index in [4.69, 9.17) is 0 Å². The van der Waals surface area contributed by atoms with Crippen LogP contribution >= 0.6 is 0 Å². The van der Waals surface area contributed by atoms with E-state index in [1.807, 2.05) is 0 Å². The molecule has 1 N–H and O–H groups in total.